The summed E-state index contributed by atoms with van der Waals surface area (Å²) in [6, 6.07) is 0.669. The first kappa shape index (κ1) is 14.5. The predicted molar refractivity (Wildman–Crippen MR) is 75.9 cm³/mol. The zero-order chi connectivity index (χ0) is 13.9. The molecule has 1 aromatic heterocycles. The second kappa shape index (κ2) is 6.04. The highest BCUT2D eigenvalue weighted by Gasteiger charge is 2.29. The number of aryl methyl sites for hydroxylation is 1. The Bertz CT molecular complexity index is 386. The van der Waals surface area contributed by atoms with Crippen LogP contribution in [0.1, 0.15) is 58.2 Å². The van der Waals surface area contributed by atoms with E-state index in [4.69, 9.17) is 4.52 Å². The van der Waals surface area contributed by atoms with Crippen LogP contribution in [-0.4, -0.2) is 22.7 Å². The highest BCUT2D eigenvalue weighted by molar-refractivity contribution is 4.86. The monoisotopic (exact) mass is 265 g/mol. The Morgan fingerprint density at radius 3 is 2.42 bits per heavy atom. The molecule has 19 heavy (non-hydrogen) atoms. The van der Waals surface area contributed by atoms with Crippen molar-refractivity contribution < 1.29 is 4.52 Å². The molecule has 1 aliphatic carbocycles. The zero-order valence-electron chi connectivity index (χ0n) is 12.7. The summed E-state index contributed by atoms with van der Waals surface area (Å²) in [5.74, 6) is 2.35. The van der Waals surface area contributed by atoms with Crippen LogP contribution in [0.15, 0.2) is 4.52 Å². The van der Waals surface area contributed by atoms with E-state index in [1.165, 1.54) is 25.7 Å². The molecule has 1 aromatic rings. The third-order valence-electron chi connectivity index (χ3n) is 4.29. The molecule has 0 radical (unpaired) electrons. The number of aromatic nitrogens is 2. The van der Waals surface area contributed by atoms with Crippen LogP contribution in [0.5, 0.6) is 0 Å². The average molecular weight is 265 g/mol. The molecular formula is C15H27N3O. The van der Waals surface area contributed by atoms with Crippen LogP contribution in [0.4, 0.5) is 0 Å². The van der Waals surface area contributed by atoms with Gasteiger partial charge < -0.3 is 9.84 Å². The Morgan fingerprint density at radius 2 is 1.89 bits per heavy atom. The van der Waals surface area contributed by atoms with Crippen LogP contribution in [0.25, 0.3) is 0 Å². The SMILES string of the molecule is Cc1noc(CCNC2CCC(C(C)(C)C)CC2)n1. The van der Waals surface area contributed by atoms with Crippen molar-refractivity contribution in [2.24, 2.45) is 11.3 Å². The minimum absolute atomic E-state index is 0.465. The second-order valence-corrected chi connectivity index (χ2v) is 6.85. The second-order valence-electron chi connectivity index (χ2n) is 6.85. The lowest BCUT2D eigenvalue weighted by Crippen LogP contribution is -2.37. The summed E-state index contributed by atoms with van der Waals surface area (Å²) in [5.41, 5.74) is 0.465. The lowest BCUT2D eigenvalue weighted by Gasteiger charge is -2.37. The molecule has 1 saturated carbocycles. The molecule has 0 saturated heterocycles. The highest BCUT2D eigenvalue weighted by atomic mass is 16.5. The summed E-state index contributed by atoms with van der Waals surface area (Å²) in [7, 11) is 0. The summed E-state index contributed by atoms with van der Waals surface area (Å²) >= 11 is 0. The quantitative estimate of drug-likeness (QED) is 0.908. The van der Waals surface area contributed by atoms with Crippen LogP contribution < -0.4 is 5.32 Å². The van der Waals surface area contributed by atoms with Gasteiger partial charge in [-0.3, -0.25) is 0 Å². The van der Waals surface area contributed by atoms with Gasteiger partial charge in [-0.05, 0) is 43.9 Å². The van der Waals surface area contributed by atoms with Crippen LogP contribution in [0.2, 0.25) is 0 Å². The molecule has 0 spiro atoms. The van der Waals surface area contributed by atoms with E-state index in [1.54, 1.807) is 0 Å². The van der Waals surface area contributed by atoms with E-state index in [2.05, 4.69) is 36.2 Å². The average Bonchev–Trinajstić information content (AvgIpc) is 2.75. The highest BCUT2D eigenvalue weighted by Crippen LogP contribution is 2.37. The zero-order valence-corrected chi connectivity index (χ0v) is 12.7. The van der Waals surface area contributed by atoms with Gasteiger partial charge in [0.05, 0.1) is 0 Å². The van der Waals surface area contributed by atoms with Crippen molar-refractivity contribution in [2.75, 3.05) is 6.54 Å². The Morgan fingerprint density at radius 1 is 1.21 bits per heavy atom. The molecule has 1 heterocycles. The van der Waals surface area contributed by atoms with E-state index < -0.39 is 0 Å². The summed E-state index contributed by atoms with van der Waals surface area (Å²) < 4.78 is 5.11. The van der Waals surface area contributed by atoms with Crippen molar-refractivity contribution in [3.05, 3.63) is 11.7 Å². The van der Waals surface area contributed by atoms with Gasteiger partial charge in [-0.25, -0.2) is 0 Å². The third-order valence-corrected chi connectivity index (χ3v) is 4.29. The van der Waals surface area contributed by atoms with Crippen LogP contribution in [0.3, 0.4) is 0 Å². The molecule has 1 N–H and O–H groups in total. The van der Waals surface area contributed by atoms with Crippen LogP contribution in [-0.2, 0) is 6.42 Å². The molecule has 4 heteroatoms. The fraction of sp³-hybridized carbons (Fsp3) is 0.867. The maximum absolute atomic E-state index is 5.11. The van der Waals surface area contributed by atoms with Gasteiger partial charge in [-0.15, -0.1) is 0 Å². The summed E-state index contributed by atoms with van der Waals surface area (Å²) in [5, 5.41) is 7.43. The smallest absolute Gasteiger partial charge is 0.227 e. The largest absolute Gasteiger partial charge is 0.339 e. The van der Waals surface area contributed by atoms with Crippen molar-refractivity contribution in [3.63, 3.8) is 0 Å². The molecule has 2 rings (SSSR count). The normalized spacial score (nSPS) is 24.6. The van der Waals surface area contributed by atoms with Crippen molar-refractivity contribution in [1.29, 1.82) is 0 Å². The number of rotatable bonds is 4. The summed E-state index contributed by atoms with van der Waals surface area (Å²) in [6.07, 6.45) is 6.12. The van der Waals surface area contributed by atoms with Crippen LogP contribution >= 0.6 is 0 Å². The number of nitrogens with zero attached hydrogens (tertiary/aromatic N) is 2. The van der Waals surface area contributed by atoms with Gasteiger partial charge in [0.2, 0.25) is 5.89 Å². The van der Waals surface area contributed by atoms with Crippen molar-refractivity contribution >= 4 is 0 Å². The summed E-state index contributed by atoms with van der Waals surface area (Å²) in [4.78, 5) is 4.22. The molecule has 1 aliphatic rings. The molecular weight excluding hydrogens is 238 g/mol. The first-order valence-corrected chi connectivity index (χ1v) is 7.47. The first-order valence-electron chi connectivity index (χ1n) is 7.47. The number of hydrogen-bond acceptors (Lipinski definition) is 4. The fourth-order valence-electron chi connectivity index (χ4n) is 2.99. The van der Waals surface area contributed by atoms with Crippen molar-refractivity contribution in [2.45, 2.75) is 65.8 Å². The minimum Gasteiger partial charge on any atom is -0.339 e. The van der Waals surface area contributed by atoms with Crippen molar-refractivity contribution in [1.82, 2.24) is 15.5 Å². The molecule has 0 unspecified atom stereocenters. The fourth-order valence-corrected chi connectivity index (χ4v) is 2.99. The molecule has 4 nitrogen and oxygen atoms in total. The predicted octanol–water partition coefficient (Wildman–Crippen LogP) is 3.12. The van der Waals surface area contributed by atoms with E-state index >= 15 is 0 Å². The Balaban J connectivity index is 1.66. The van der Waals surface area contributed by atoms with E-state index in [1.807, 2.05) is 6.92 Å². The number of nitrogens with one attached hydrogen (secondary N) is 1. The molecule has 0 aromatic carbocycles. The van der Waals surface area contributed by atoms with E-state index in [9.17, 15) is 0 Å². The van der Waals surface area contributed by atoms with E-state index in [-0.39, 0.29) is 0 Å². The van der Waals surface area contributed by atoms with Gasteiger partial charge >= 0.3 is 0 Å². The molecule has 0 bridgehead atoms. The van der Waals surface area contributed by atoms with E-state index in [0.717, 1.165) is 30.6 Å². The summed E-state index contributed by atoms with van der Waals surface area (Å²) in [6.45, 7) is 9.89. The molecule has 0 aliphatic heterocycles. The number of hydrogen-bond donors (Lipinski definition) is 1. The van der Waals surface area contributed by atoms with Gasteiger partial charge in [-0.2, -0.15) is 4.98 Å². The van der Waals surface area contributed by atoms with Gasteiger partial charge in [0.15, 0.2) is 5.82 Å². The third kappa shape index (κ3) is 4.30. The lowest BCUT2D eigenvalue weighted by molar-refractivity contribution is 0.160. The van der Waals surface area contributed by atoms with Gasteiger partial charge in [0, 0.05) is 19.0 Å². The Kier molecular flexibility index (Phi) is 4.61. The standard InChI is InChI=1S/C15H27N3O/c1-11-17-14(19-18-11)9-10-16-13-7-5-12(6-8-13)15(2,3)4/h12-13,16H,5-10H2,1-4H3. The maximum atomic E-state index is 5.11. The van der Waals surface area contributed by atoms with E-state index in [0.29, 0.717) is 11.5 Å². The molecule has 0 atom stereocenters. The molecule has 1 fully saturated rings. The maximum Gasteiger partial charge on any atom is 0.227 e. The Labute approximate surface area is 116 Å². The van der Waals surface area contributed by atoms with Gasteiger partial charge in [0.25, 0.3) is 0 Å². The topological polar surface area (TPSA) is 51.0 Å². The van der Waals surface area contributed by atoms with Gasteiger partial charge in [0.1, 0.15) is 0 Å². The van der Waals surface area contributed by atoms with Crippen LogP contribution in [0, 0.1) is 18.3 Å². The van der Waals surface area contributed by atoms with Gasteiger partial charge in [-0.1, -0.05) is 25.9 Å². The minimum atomic E-state index is 0.465. The lowest BCUT2D eigenvalue weighted by atomic mass is 9.71. The van der Waals surface area contributed by atoms with Crippen molar-refractivity contribution in [3.8, 4) is 0 Å². The molecule has 0 amide bonds. The first-order chi connectivity index (χ1) is 8.95. The molecule has 108 valence electrons. The Hall–Kier alpha value is -0.900.